The minimum absolute atomic E-state index is 0.165. The third-order valence-electron chi connectivity index (χ3n) is 8.05. The lowest BCUT2D eigenvalue weighted by atomic mass is 10.1. The van der Waals surface area contributed by atoms with Crippen molar-refractivity contribution < 1.29 is 14.6 Å². The number of anilines is 3. The van der Waals surface area contributed by atoms with Crippen molar-refractivity contribution in [2.24, 2.45) is 0 Å². The van der Waals surface area contributed by atoms with Gasteiger partial charge in [0.2, 0.25) is 0 Å². The van der Waals surface area contributed by atoms with Crippen LogP contribution < -0.4 is 4.90 Å². The number of aliphatic hydroxyl groups is 1. The topological polar surface area (TPSA) is 49.8 Å². The number of carbonyl (C=O) groups excluding carboxylic acids is 1. The summed E-state index contributed by atoms with van der Waals surface area (Å²) in [4.78, 5) is 16.0. The number of thiophene rings is 1. The monoisotopic (exact) mass is 623 g/mol. The van der Waals surface area contributed by atoms with Crippen molar-refractivity contribution in [1.82, 2.24) is 0 Å². The molecule has 0 bridgehead atoms. The zero-order valence-corrected chi connectivity index (χ0v) is 27.9. The molecule has 1 heterocycles. The Labute approximate surface area is 274 Å². The van der Waals surface area contributed by atoms with Gasteiger partial charge in [0.1, 0.15) is 0 Å². The molecule has 0 aliphatic rings. The molecule has 4 nitrogen and oxygen atoms in total. The number of benzene rings is 3. The van der Waals surface area contributed by atoms with Gasteiger partial charge in [0, 0.05) is 35.2 Å². The number of aliphatic hydroxyl groups excluding tert-OH is 1. The Balaban J connectivity index is 1.51. The second-order valence-corrected chi connectivity index (χ2v) is 12.7. The van der Waals surface area contributed by atoms with Crippen LogP contribution in [-0.2, 0) is 24.0 Å². The van der Waals surface area contributed by atoms with Crippen LogP contribution in [0.4, 0.5) is 17.1 Å². The van der Waals surface area contributed by atoms with Crippen LogP contribution in [0.2, 0.25) is 0 Å². The number of rotatable bonds is 20. The number of aldehydes is 1. The highest BCUT2D eigenvalue weighted by Crippen LogP contribution is 2.35. The molecule has 0 aliphatic heterocycles. The third-order valence-corrected chi connectivity index (χ3v) is 9.12. The van der Waals surface area contributed by atoms with Gasteiger partial charge < -0.3 is 14.7 Å². The second kappa shape index (κ2) is 19.1. The largest absolute Gasteiger partial charge is 0.396 e. The van der Waals surface area contributed by atoms with E-state index in [0.29, 0.717) is 19.6 Å². The Morgan fingerprint density at radius 3 is 1.91 bits per heavy atom. The van der Waals surface area contributed by atoms with E-state index < -0.39 is 0 Å². The lowest BCUT2D eigenvalue weighted by molar-refractivity contribution is 0.112. The Hall–Kier alpha value is -3.51. The van der Waals surface area contributed by atoms with Gasteiger partial charge in [0.15, 0.2) is 6.29 Å². The number of ether oxygens (including phenoxy) is 1. The van der Waals surface area contributed by atoms with Crippen LogP contribution in [0, 0.1) is 0 Å². The SMILES string of the molecule is CCCCCCc1cc(/C=C/c2ccc(N(c3ccc(CCCC)cc3)c3ccc(CCOCCCO)cc3)cc2)sc1C=O. The van der Waals surface area contributed by atoms with Gasteiger partial charge in [-0.05, 0) is 109 Å². The minimum Gasteiger partial charge on any atom is -0.396 e. The standard InChI is InChI=1S/C40H49NO3S/c1-3-5-7-8-11-35-30-39(45-40(35)31-43)25-18-33-14-21-37(22-15-33)41(36-19-12-32(13-20-36)10-6-4-2)38-23-16-34(17-24-38)26-29-44-28-9-27-42/h12-25,30-31,42H,3-11,26-29H2,1-2H3/b25-18+. The van der Waals surface area contributed by atoms with Gasteiger partial charge in [-0.3, -0.25) is 4.79 Å². The molecular formula is C40H49NO3S. The van der Waals surface area contributed by atoms with Gasteiger partial charge in [-0.25, -0.2) is 0 Å². The number of hydrogen-bond donors (Lipinski definition) is 1. The summed E-state index contributed by atoms with van der Waals surface area (Å²) in [6.07, 6.45) is 16.1. The van der Waals surface area contributed by atoms with E-state index in [1.54, 1.807) is 11.3 Å². The number of aryl methyl sites for hydroxylation is 2. The molecule has 0 atom stereocenters. The molecule has 1 aromatic heterocycles. The fourth-order valence-electron chi connectivity index (χ4n) is 5.41. The van der Waals surface area contributed by atoms with Crippen LogP contribution in [0.3, 0.4) is 0 Å². The lowest BCUT2D eigenvalue weighted by Gasteiger charge is -2.26. The quantitative estimate of drug-likeness (QED) is 0.0786. The first-order valence-electron chi connectivity index (χ1n) is 16.7. The molecule has 238 valence electrons. The van der Waals surface area contributed by atoms with Gasteiger partial charge >= 0.3 is 0 Å². The summed E-state index contributed by atoms with van der Waals surface area (Å²) in [6.45, 7) is 5.86. The van der Waals surface area contributed by atoms with Crippen LogP contribution in [0.5, 0.6) is 0 Å². The summed E-state index contributed by atoms with van der Waals surface area (Å²) >= 11 is 1.58. The lowest BCUT2D eigenvalue weighted by Crippen LogP contribution is -2.10. The molecule has 5 heteroatoms. The summed E-state index contributed by atoms with van der Waals surface area (Å²) in [5, 5.41) is 8.95. The number of hydrogen-bond acceptors (Lipinski definition) is 5. The van der Waals surface area contributed by atoms with E-state index >= 15 is 0 Å². The summed E-state index contributed by atoms with van der Waals surface area (Å²) in [5.41, 5.74) is 8.23. The second-order valence-electron chi connectivity index (χ2n) is 11.6. The molecule has 0 unspecified atom stereocenters. The molecule has 0 fully saturated rings. The van der Waals surface area contributed by atoms with Crippen molar-refractivity contribution in [3.63, 3.8) is 0 Å². The predicted octanol–water partition coefficient (Wildman–Crippen LogP) is 10.6. The zero-order valence-electron chi connectivity index (χ0n) is 27.0. The molecule has 45 heavy (non-hydrogen) atoms. The Morgan fingerprint density at radius 2 is 1.31 bits per heavy atom. The van der Waals surface area contributed by atoms with E-state index in [0.717, 1.165) is 64.3 Å². The van der Waals surface area contributed by atoms with Crippen LogP contribution in [0.15, 0.2) is 78.9 Å². The molecule has 4 aromatic rings. The van der Waals surface area contributed by atoms with Gasteiger partial charge in [-0.1, -0.05) is 82.0 Å². The smallest absolute Gasteiger partial charge is 0.160 e. The molecule has 1 N–H and O–H groups in total. The average Bonchev–Trinajstić information content (AvgIpc) is 3.48. The highest BCUT2D eigenvalue weighted by Gasteiger charge is 2.13. The first-order chi connectivity index (χ1) is 22.1. The molecule has 3 aromatic carbocycles. The van der Waals surface area contributed by atoms with Gasteiger partial charge in [0.25, 0.3) is 0 Å². The molecule has 0 spiro atoms. The Kier molecular flexibility index (Phi) is 14.6. The van der Waals surface area contributed by atoms with Crippen LogP contribution in [0.1, 0.15) is 95.6 Å². The van der Waals surface area contributed by atoms with Crippen LogP contribution >= 0.6 is 11.3 Å². The number of carbonyl (C=O) groups is 1. The van der Waals surface area contributed by atoms with Crippen molar-refractivity contribution in [2.75, 3.05) is 24.7 Å². The third kappa shape index (κ3) is 10.8. The minimum atomic E-state index is 0.165. The Bertz CT molecular complexity index is 1440. The highest BCUT2D eigenvalue weighted by atomic mass is 32.1. The maximum absolute atomic E-state index is 11.7. The molecule has 0 saturated carbocycles. The fourth-order valence-corrected chi connectivity index (χ4v) is 6.34. The van der Waals surface area contributed by atoms with Gasteiger partial charge in [-0.15, -0.1) is 11.3 Å². The summed E-state index contributed by atoms with van der Waals surface area (Å²) in [6, 6.07) is 28.5. The molecule has 4 rings (SSSR count). The van der Waals surface area contributed by atoms with E-state index in [-0.39, 0.29) is 6.61 Å². The van der Waals surface area contributed by atoms with E-state index in [2.05, 4.69) is 110 Å². The first-order valence-corrected chi connectivity index (χ1v) is 17.5. The van der Waals surface area contributed by atoms with Crippen molar-refractivity contribution in [1.29, 1.82) is 0 Å². The number of nitrogens with zero attached hydrogens (tertiary/aromatic N) is 1. The average molecular weight is 624 g/mol. The molecule has 0 amide bonds. The highest BCUT2D eigenvalue weighted by molar-refractivity contribution is 7.14. The summed E-state index contributed by atoms with van der Waals surface area (Å²) in [7, 11) is 0. The summed E-state index contributed by atoms with van der Waals surface area (Å²) in [5.74, 6) is 0. The van der Waals surface area contributed by atoms with Gasteiger partial charge in [-0.2, -0.15) is 0 Å². The zero-order chi connectivity index (χ0) is 31.7. The first kappa shape index (κ1) is 34.4. The molecule has 0 saturated heterocycles. The van der Waals surface area contributed by atoms with Crippen molar-refractivity contribution in [2.45, 2.75) is 78.1 Å². The van der Waals surface area contributed by atoms with Gasteiger partial charge in [0.05, 0.1) is 11.5 Å². The fraction of sp³-hybridized carbons (Fsp3) is 0.375. The van der Waals surface area contributed by atoms with E-state index in [1.807, 2.05) is 0 Å². The van der Waals surface area contributed by atoms with E-state index in [4.69, 9.17) is 9.84 Å². The molecule has 0 radical (unpaired) electrons. The van der Waals surface area contributed by atoms with Crippen molar-refractivity contribution in [3.8, 4) is 0 Å². The van der Waals surface area contributed by atoms with E-state index in [1.165, 1.54) is 48.8 Å². The maximum atomic E-state index is 11.7. The molecule has 0 aliphatic carbocycles. The van der Waals surface area contributed by atoms with Crippen molar-refractivity contribution in [3.05, 3.63) is 111 Å². The van der Waals surface area contributed by atoms with Crippen LogP contribution in [-0.4, -0.2) is 31.2 Å². The normalized spacial score (nSPS) is 11.4. The van der Waals surface area contributed by atoms with E-state index in [9.17, 15) is 4.79 Å². The predicted molar refractivity (Wildman–Crippen MR) is 192 cm³/mol. The van der Waals surface area contributed by atoms with Crippen molar-refractivity contribution >= 4 is 46.8 Å². The molecular weight excluding hydrogens is 575 g/mol. The number of unbranched alkanes of at least 4 members (excludes halogenated alkanes) is 4. The summed E-state index contributed by atoms with van der Waals surface area (Å²) < 4.78 is 5.64. The van der Waals surface area contributed by atoms with Crippen LogP contribution in [0.25, 0.3) is 12.2 Å². The maximum Gasteiger partial charge on any atom is 0.160 e. The Morgan fingerprint density at radius 1 is 0.689 bits per heavy atom.